The molecule has 1 aliphatic rings. The molecule has 1 fully saturated rings. The summed E-state index contributed by atoms with van der Waals surface area (Å²) in [6.45, 7) is 4.47. The van der Waals surface area contributed by atoms with E-state index in [1.54, 1.807) is 24.3 Å². The summed E-state index contributed by atoms with van der Waals surface area (Å²) in [5.74, 6) is 0.165. The van der Waals surface area contributed by atoms with E-state index in [1.165, 1.54) is 12.0 Å². The van der Waals surface area contributed by atoms with Crippen LogP contribution in [0.5, 0.6) is 5.75 Å². The van der Waals surface area contributed by atoms with Crippen LogP contribution in [0.15, 0.2) is 43.0 Å². The molecule has 2 atom stereocenters. The summed E-state index contributed by atoms with van der Waals surface area (Å²) in [6, 6.07) is 8.28. The largest absolute Gasteiger partial charge is 0.494 e. The number of ether oxygens (including phenoxy) is 2. The highest BCUT2D eigenvalue weighted by Crippen LogP contribution is 2.38. The zero-order valence-corrected chi connectivity index (χ0v) is 17.0. The maximum absolute atomic E-state index is 12.3. The monoisotopic (exact) mass is 413 g/mol. The van der Waals surface area contributed by atoms with Crippen molar-refractivity contribution >= 4 is 22.8 Å². The Morgan fingerprint density at radius 3 is 2.77 bits per heavy atom. The first-order chi connectivity index (χ1) is 14.5. The van der Waals surface area contributed by atoms with Crippen molar-refractivity contribution < 1.29 is 29.3 Å². The lowest BCUT2D eigenvalue weighted by Gasteiger charge is -2.37. The fourth-order valence-corrected chi connectivity index (χ4v) is 3.91. The van der Waals surface area contributed by atoms with Crippen molar-refractivity contribution in [2.45, 2.75) is 37.8 Å². The molecule has 2 N–H and O–H groups in total. The molecule has 3 rings (SSSR count). The number of likely N-dealkylation sites (tertiary alicyclic amines) is 1. The molecule has 0 radical (unpaired) electrons. The molecule has 2 aromatic rings. The summed E-state index contributed by atoms with van der Waals surface area (Å²) >= 11 is 0. The number of fused-ring (bicyclic) bond motifs is 1. The number of aliphatic hydroxyl groups is 1. The minimum Gasteiger partial charge on any atom is -0.494 e. The Bertz CT molecular complexity index is 941. The lowest BCUT2D eigenvalue weighted by molar-refractivity contribution is 0.0428. The molecule has 160 valence electrons. The van der Waals surface area contributed by atoms with Crippen LogP contribution in [-0.4, -0.2) is 53.5 Å². The smallest absolute Gasteiger partial charge is 0.407 e. The molecule has 1 unspecified atom stereocenters. The highest BCUT2D eigenvalue weighted by atomic mass is 16.5. The Hall–Kier alpha value is -3.06. The van der Waals surface area contributed by atoms with Crippen molar-refractivity contribution in [1.29, 1.82) is 0 Å². The van der Waals surface area contributed by atoms with Crippen LogP contribution in [0, 0.1) is 0 Å². The summed E-state index contributed by atoms with van der Waals surface area (Å²) < 4.78 is 10.7. The zero-order chi connectivity index (χ0) is 21.7. The maximum Gasteiger partial charge on any atom is 0.407 e. The predicted molar refractivity (Wildman–Crippen MR) is 113 cm³/mol. The average Bonchev–Trinajstić information content (AvgIpc) is 2.75. The molecule has 30 heavy (non-hydrogen) atoms. The van der Waals surface area contributed by atoms with Crippen LogP contribution in [-0.2, 0) is 4.74 Å². The quantitative estimate of drug-likeness (QED) is 0.402. The second-order valence-electron chi connectivity index (χ2n) is 7.35. The van der Waals surface area contributed by atoms with Gasteiger partial charge in [-0.05, 0) is 66.3 Å². The number of nitrogens with zero attached hydrogens (tertiary/aromatic N) is 1. The number of aliphatic hydroxyl groups excluding tert-OH is 1. The van der Waals surface area contributed by atoms with Gasteiger partial charge in [0.2, 0.25) is 0 Å². The van der Waals surface area contributed by atoms with Gasteiger partial charge < -0.3 is 24.6 Å². The van der Waals surface area contributed by atoms with E-state index < -0.39 is 24.2 Å². The van der Waals surface area contributed by atoms with Crippen LogP contribution < -0.4 is 4.74 Å². The molecular weight excluding hydrogens is 386 g/mol. The van der Waals surface area contributed by atoms with Crippen molar-refractivity contribution in [3.8, 4) is 5.75 Å². The van der Waals surface area contributed by atoms with E-state index in [0.717, 1.165) is 18.4 Å². The Labute approximate surface area is 175 Å². The number of carbonyl (C=O) groups excluding carboxylic acids is 1. The number of benzene rings is 2. The van der Waals surface area contributed by atoms with Gasteiger partial charge in [0.1, 0.15) is 5.75 Å². The van der Waals surface area contributed by atoms with Crippen molar-refractivity contribution in [2.75, 3.05) is 20.3 Å². The third kappa shape index (κ3) is 4.57. The van der Waals surface area contributed by atoms with Crippen LogP contribution in [0.2, 0.25) is 0 Å². The van der Waals surface area contributed by atoms with Crippen LogP contribution in [0.4, 0.5) is 4.79 Å². The van der Waals surface area contributed by atoms with Crippen LogP contribution >= 0.6 is 0 Å². The van der Waals surface area contributed by atoms with Gasteiger partial charge in [-0.3, -0.25) is 0 Å². The van der Waals surface area contributed by atoms with Crippen molar-refractivity contribution in [3.63, 3.8) is 0 Å². The van der Waals surface area contributed by atoms with Crippen molar-refractivity contribution in [1.82, 2.24) is 4.90 Å². The number of carboxylic acid groups (broad SMARTS) is 1. The topological polar surface area (TPSA) is 96.3 Å². The molecule has 1 heterocycles. The third-order valence-corrected chi connectivity index (χ3v) is 5.43. The lowest BCUT2D eigenvalue weighted by Crippen LogP contribution is -2.41. The van der Waals surface area contributed by atoms with Crippen molar-refractivity contribution in [3.05, 3.63) is 54.1 Å². The highest BCUT2D eigenvalue weighted by molar-refractivity contribution is 6.06. The zero-order valence-electron chi connectivity index (χ0n) is 17.0. The third-order valence-electron chi connectivity index (χ3n) is 5.43. The van der Waals surface area contributed by atoms with Gasteiger partial charge in [-0.25, -0.2) is 9.59 Å². The molecule has 1 aliphatic heterocycles. The van der Waals surface area contributed by atoms with Gasteiger partial charge in [0.05, 0.1) is 31.4 Å². The van der Waals surface area contributed by atoms with Gasteiger partial charge >= 0.3 is 12.1 Å². The number of amides is 1. The fraction of sp³-hybridized carbons (Fsp3) is 0.391. The Kier molecular flexibility index (Phi) is 6.95. The van der Waals surface area contributed by atoms with Crippen LogP contribution in [0.1, 0.15) is 47.6 Å². The van der Waals surface area contributed by atoms with E-state index in [9.17, 15) is 19.8 Å². The first-order valence-electron chi connectivity index (χ1n) is 10.0. The lowest BCUT2D eigenvalue weighted by atomic mass is 9.88. The van der Waals surface area contributed by atoms with E-state index in [-0.39, 0.29) is 6.54 Å². The molecule has 1 amide bonds. The van der Waals surface area contributed by atoms with Crippen LogP contribution in [0.25, 0.3) is 10.8 Å². The number of carbonyl (C=O) groups is 2. The van der Waals surface area contributed by atoms with E-state index >= 15 is 0 Å². The van der Waals surface area contributed by atoms with Gasteiger partial charge in [0.15, 0.2) is 0 Å². The molecule has 7 nitrogen and oxygen atoms in total. The number of hydrogen-bond donors (Lipinski definition) is 2. The molecule has 0 spiro atoms. The van der Waals surface area contributed by atoms with Crippen LogP contribution in [0.3, 0.4) is 0 Å². The first kappa shape index (κ1) is 21.6. The first-order valence-corrected chi connectivity index (χ1v) is 10.0. The maximum atomic E-state index is 12.3. The number of esters is 1. The molecule has 0 saturated carbocycles. The summed E-state index contributed by atoms with van der Waals surface area (Å²) in [5.41, 5.74) is 1.13. The van der Waals surface area contributed by atoms with E-state index in [4.69, 9.17) is 9.47 Å². The Morgan fingerprint density at radius 1 is 1.27 bits per heavy atom. The second kappa shape index (κ2) is 9.63. The Balaban J connectivity index is 2.08. The average molecular weight is 413 g/mol. The summed E-state index contributed by atoms with van der Waals surface area (Å²) in [4.78, 5) is 25.4. The number of rotatable bonds is 7. The standard InChI is InChI=1S/C23H27NO6/c1-3-4-5-12-30-16-6-7-17-19(22(26)29-2)9-8-18(20(17)14-16)21-13-15(25)10-11-24(21)23(27)28/h3,6-9,14-15,21,25H,1,4-5,10-13H2,2H3,(H,27,28)/t15?,21-/m0/s1. The number of piperidine rings is 1. The molecule has 0 aromatic heterocycles. The van der Waals surface area contributed by atoms with E-state index in [1.807, 2.05) is 12.1 Å². The molecule has 2 aromatic carbocycles. The van der Waals surface area contributed by atoms with Gasteiger partial charge in [-0.15, -0.1) is 6.58 Å². The number of hydrogen-bond acceptors (Lipinski definition) is 5. The number of allylic oxidation sites excluding steroid dienone is 1. The molecule has 0 aliphatic carbocycles. The SMILES string of the molecule is C=CCCCOc1ccc2c(C(=O)OC)ccc([C@@H]3CC(O)CCN3C(=O)O)c2c1. The summed E-state index contributed by atoms with van der Waals surface area (Å²) in [7, 11) is 1.32. The van der Waals surface area contributed by atoms with Gasteiger partial charge in [0.25, 0.3) is 0 Å². The predicted octanol–water partition coefficient (Wildman–Crippen LogP) is 4.15. The number of unbranched alkanes of at least 4 members (excludes halogenated alkanes) is 1. The molecule has 1 saturated heterocycles. The van der Waals surface area contributed by atoms with Crippen molar-refractivity contribution in [2.24, 2.45) is 0 Å². The molecule has 0 bridgehead atoms. The highest BCUT2D eigenvalue weighted by Gasteiger charge is 2.33. The fourth-order valence-electron chi connectivity index (χ4n) is 3.91. The van der Waals surface area contributed by atoms with E-state index in [0.29, 0.717) is 41.5 Å². The van der Waals surface area contributed by atoms with Gasteiger partial charge in [0, 0.05) is 6.54 Å². The normalized spacial score (nSPS) is 18.8. The summed E-state index contributed by atoms with van der Waals surface area (Å²) in [5, 5.41) is 21.2. The van der Waals surface area contributed by atoms with E-state index in [2.05, 4.69) is 6.58 Å². The molecule has 7 heteroatoms. The summed E-state index contributed by atoms with van der Waals surface area (Å²) in [6.07, 6.45) is 2.59. The minimum absolute atomic E-state index is 0.249. The molecular formula is C23H27NO6. The number of methoxy groups -OCH3 is 1. The Morgan fingerprint density at radius 2 is 2.07 bits per heavy atom. The van der Waals surface area contributed by atoms with Gasteiger partial charge in [-0.2, -0.15) is 0 Å². The second-order valence-corrected chi connectivity index (χ2v) is 7.35. The van der Waals surface area contributed by atoms with Gasteiger partial charge in [-0.1, -0.05) is 12.1 Å². The minimum atomic E-state index is -1.03.